The molecule has 0 spiro atoms. The SMILES string of the molecule is [2H]c1c([2H])c([2H])c2c(c1[2H])c1c([2H])c(-c3ccc4c(c3)c3c(-c5ccc6ccccc6c5)cccc3n4-c3cccc(-c4ccccc4)c3)c([2H])c([2H])c1n2-c1cccc(-c2ccccc2)c1. The predicted molar refractivity (Wildman–Crippen MR) is 254 cm³/mol. The van der Waals surface area contributed by atoms with Crippen molar-refractivity contribution in [2.75, 3.05) is 0 Å². The Morgan fingerprint density at radius 2 is 0.917 bits per heavy atom. The molecule has 0 aliphatic rings. The van der Waals surface area contributed by atoms with Crippen molar-refractivity contribution in [2.45, 2.75) is 0 Å². The molecule has 2 heterocycles. The molecule has 0 fully saturated rings. The molecule has 0 aliphatic heterocycles. The largest absolute Gasteiger partial charge is 0.309 e. The van der Waals surface area contributed by atoms with E-state index in [0.717, 1.165) is 71.6 Å². The molecule has 12 aromatic rings. The Balaban J connectivity index is 1.15. The highest BCUT2D eigenvalue weighted by Crippen LogP contribution is 2.42. The van der Waals surface area contributed by atoms with Crippen LogP contribution < -0.4 is 0 Å². The van der Waals surface area contributed by atoms with Gasteiger partial charge < -0.3 is 9.13 Å². The molecule has 0 atom stereocenters. The molecule has 2 heteroatoms. The monoisotopic (exact) mass is 769 g/mol. The summed E-state index contributed by atoms with van der Waals surface area (Å²) in [6, 6.07) is 61.5. The fourth-order valence-corrected chi connectivity index (χ4v) is 8.93. The summed E-state index contributed by atoms with van der Waals surface area (Å²) in [7, 11) is 0. The van der Waals surface area contributed by atoms with Crippen molar-refractivity contribution in [2.24, 2.45) is 0 Å². The van der Waals surface area contributed by atoms with Crippen LogP contribution in [-0.4, -0.2) is 9.13 Å². The van der Waals surface area contributed by atoms with Crippen LogP contribution >= 0.6 is 0 Å². The Kier molecular flexibility index (Phi) is 6.39. The molecular formula is C58H38N2. The second kappa shape index (κ2) is 13.9. The van der Waals surface area contributed by atoms with E-state index in [4.69, 9.17) is 2.74 Å². The maximum Gasteiger partial charge on any atom is 0.0645 e. The lowest BCUT2D eigenvalue weighted by atomic mass is 9.95. The van der Waals surface area contributed by atoms with Crippen molar-refractivity contribution in [3.63, 3.8) is 0 Å². The third-order valence-corrected chi connectivity index (χ3v) is 11.7. The standard InChI is InChI=1S/C58H38N2/c1-3-14-39(15-4-1)43-20-11-22-48(35-43)59-54-26-10-9-24-51(54)52-37-45(30-32-55(52)59)46-31-33-56-53(38-46)58-50(47-29-28-41-18-7-8-19-42(41)34-47)25-13-27-57(58)60(56)49-23-12-21-44(36-49)40-16-5-2-6-17-40/h1-38H/i9D,10D,24D,26D,30D,32D,37D. The van der Waals surface area contributed by atoms with Crippen molar-refractivity contribution < 1.29 is 9.60 Å². The van der Waals surface area contributed by atoms with Gasteiger partial charge in [0.15, 0.2) is 0 Å². The Labute approximate surface area is 358 Å². The molecule has 280 valence electrons. The first-order valence-electron chi connectivity index (χ1n) is 23.6. The quantitative estimate of drug-likeness (QED) is 0.159. The van der Waals surface area contributed by atoms with Crippen LogP contribution in [0.15, 0.2) is 230 Å². The van der Waals surface area contributed by atoms with E-state index in [1.165, 1.54) is 0 Å². The first-order valence-corrected chi connectivity index (χ1v) is 20.1. The molecule has 2 aromatic heterocycles. The van der Waals surface area contributed by atoms with Crippen molar-refractivity contribution in [1.29, 1.82) is 0 Å². The van der Waals surface area contributed by atoms with Gasteiger partial charge in [0.05, 0.1) is 31.7 Å². The summed E-state index contributed by atoms with van der Waals surface area (Å²) in [5.74, 6) is 0. The number of nitrogens with zero attached hydrogens (tertiary/aromatic N) is 2. The number of rotatable bonds is 6. The smallest absolute Gasteiger partial charge is 0.0645 e. The summed E-state index contributed by atoms with van der Waals surface area (Å²) in [6.45, 7) is 0. The third-order valence-electron chi connectivity index (χ3n) is 11.7. The van der Waals surface area contributed by atoms with Crippen molar-refractivity contribution >= 4 is 54.4 Å². The minimum absolute atomic E-state index is 0.0857. The van der Waals surface area contributed by atoms with Gasteiger partial charge in [0.25, 0.3) is 0 Å². The highest BCUT2D eigenvalue weighted by Gasteiger charge is 2.19. The molecule has 0 unspecified atom stereocenters. The first-order chi connectivity index (χ1) is 32.7. The lowest BCUT2D eigenvalue weighted by molar-refractivity contribution is 1.18. The molecule has 0 radical (unpaired) electrons. The van der Waals surface area contributed by atoms with Crippen LogP contribution in [0.4, 0.5) is 0 Å². The van der Waals surface area contributed by atoms with Crippen molar-refractivity contribution in [3.05, 3.63) is 230 Å². The third kappa shape index (κ3) is 5.57. The highest BCUT2D eigenvalue weighted by molar-refractivity contribution is 6.17. The topological polar surface area (TPSA) is 9.86 Å². The predicted octanol–water partition coefficient (Wildman–Crippen LogP) is 15.7. The van der Waals surface area contributed by atoms with Crippen molar-refractivity contribution in [1.82, 2.24) is 9.13 Å². The molecule has 0 amide bonds. The summed E-state index contributed by atoms with van der Waals surface area (Å²) in [6.07, 6.45) is 0. The molecule has 0 saturated heterocycles. The van der Waals surface area contributed by atoms with Gasteiger partial charge >= 0.3 is 0 Å². The number of aromatic nitrogens is 2. The van der Waals surface area contributed by atoms with Crippen LogP contribution in [-0.2, 0) is 0 Å². The Morgan fingerprint density at radius 1 is 0.317 bits per heavy atom. The second-order valence-electron chi connectivity index (χ2n) is 15.2. The average molecular weight is 770 g/mol. The summed E-state index contributed by atoms with van der Waals surface area (Å²) in [5, 5.41) is 4.49. The minimum atomic E-state index is -0.427. The van der Waals surface area contributed by atoms with Gasteiger partial charge in [-0.15, -0.1) is 0 Å². The van der Waals surface area contributed by atoms with Crippen LogP contribution in [0.5, 0.6) is 0 Å². The summed E-state index contributed by atoms with van der Waals surface area (Å²) in [4.78, 5) is 0. The van der Waals surface area contributed by atoms with E-state index in [1.807, 2.05) is 103 Å². The molecule has 10 aromatic carbocycles. The molecule has 0 saturated carbocycles. The Hall–Kier alpha value is -7.94. The Morgan fingerprint density at radius 3 is 1.67 bits per heavy atom. The van der Waals surface area contributed by atoms with Crippen LogP contribution in [0.1, 0.15) is 9.60 Å². The molecule has 60 heavy (non-hydrogen) atoms. The van der Waals surface area contributed by atoms with Gasteiger partial charge in [0.1, 0.15) is 0 Å². The molecule has 0 bridgehead atoms. The lowest BCUT2D eigenvalue weighted by Gasteiger charge is -2.11. The van der Waals surface area contributed by atoms with Crippen LogP contribution in [0.3, 0.4) is 0 Å². The number of hydrogen-bond acceptors (Lipinski definition) is 0. The lowest BCUT2D eigenvalue weighted by Crippen LogP contribution is -1.94. The summed E-state index contributed by atoms with van der Waals surface area (Å²) >= 11 is 0. The van der Waals surface area contributed by atoms with E-state index in [1.54, 1.807) is 4.57 Å². The van der Waals surface area contributed by atoms with E-state index < -0.39 is 12.1 Å². The number of hydrogen-bond donors (Lipinski definition) is 0. The van der Waals surface area contributed by atoms with Gasteiger partial charge in [-0.3, -0.25) is 0 Å². The maximum atomic E-state index is 10.0. The zero-order chi connectivity index (χ0) is 45.7. The number of fused-ring (bicyclic) bond motifs is 7. The molecule has 0 N–H and O–H groups in total. The van der Waals surface area contributed by atoms with Gasteiger partial charge in [0, 0.05) is 32.9 Å². The fraction of sp³-hybridized carbons (Fsp3) is 0. The van der Waals surface area contributed by atoms with Crippen LogP contribution in [0.2, 0.25) is 0 Å². The van der Waals surface area contributed by atoms with Crippen LogP contribution in [0, 0.1) is 0 Å². The molecule has 0 aliphatic carbocycles. The summed E-state index contributed by atoms with van der Waals surface area (Å²) < 4.78 is 69.5. The zero-order valence-electron chi connectivity index (χ0n) is 39.3. The molecular weight excluding hydrogens is 725 g/mol. The number of benzene rings is 10. The molecule has 12 rings (SSSR count). The first kappa shape index (κ1) is 27.7. The maximum absolute atomic E-state index is 10.0. The van der Waals surface area contributed by atoms with E-state index in [-0.39, 0.29) is 57.6 Å². The van der Waals surface area contributed by atoms with E-state index >= 15 is 0 Å². The van der Waals surface area contributed by atoms with Gasteiger partial charge in [-0.2, -0.15) is 0 Å². The molecule has 2 nitrogen and oxygen atoms in total. The van der Waals surface area contributed by atoms with Gasteiger partial charge in [0.2, 0.25) is 0 Å². The van der Waals surface area contributed by atoms with Gasteiger partial charge in [-0.1, -0.05) is 164 Å². The normalized spacial score (nSPS) is 13.3. The van der Waals surface area contributed by atoms with E-state index in [2.05, 4.69) is 89.5 Å². The zero-order valence-corrected chi connectivity index (χ0v) is 32.3. The van der Waals surface area contributed by atoms with E-state index in [0.29, 0.717) is 11.3 Å². The Bertz CT molecular complexity index is 4000. The van der Waals surface area contributed by atoms with Gasteiger partial charge in [-0.05, 0) is 122 Å². The highest BCUT2D eigenvalue weighted by atomic mass is 15.0. The second-order valence-corrected chi connectivity index (χ2v) is 15.2. The average Bonchev–Trinajstić information content (AvgIpc) is 3.92. The summed E-state index contributed by atoms with van der Waals surface area (Å²) in [5.41, 5.74) is 10.6. The van der Waals surface area contributed by atoms with Crippen LogP contribution in [0.25, 0.3) is 110 Å². The van der Waals surface area contributed by atoms with Crippen molar-refractivity contribution in [3.8, 4) is 55.9 Å². The number of para-hydroxylation sites is 1. The minimum Gasteiger partial charge on any atom is -0.309 e. The fourth-order valence-electron chi connectivity index (χ4n) is 8.93. The van der Waals surface area contributed by atoms with Gasteiger partial charge in [-0.25, -0.2) is 0 Å². The van der Waals surface area contributed by atoms with E-state index in [9.17, 15) is 6.85 Å².